The van der Waals surface area contributed by atoms with Gasteiger partial charge in [-0.2, -0.15) is 0 Å². The van der Waals surface area contributed by atoms with E-state index in [1.165, 1.54) is 17.8 Å². The van der Waals surface area contributed by atoms with Crippen LogP contribution in [0.25, 0.3) is 0 Å². The fourth-order valence-corrected chi connectivity index (χ4v) is 1.90. The van der Waals surface area contributed by atoms with Crippen LogP contribution in [0.1, 0.15) is 0 Å². The summed E-state index contributed by atoms with van der Waals surface area (Å²) in [6.45, 7) is 0. The molecule has 0 bridgehead atoms. The lowest BCUT2D eigenvalue weighted by molar-refractivity contribution is -0.139. The van der Waals surface area contributed by atoms with E-state index >= 15 is 0 Å². The molecule has 96 valence electrons. The van der Waals surface area contributed by atoms with Crippen LogP contribution >= 0.6 is 11.8 Å². The average Bonchev–Trinajstić information content (AvgIpc) is 2.72. The average molecular weight is 263 g/mol. The van der Waals surface area contributed by atoms with Crippen LogP contribution < -0.4 is 16.9 Å². The van der Waals surface area contributed by atoms with E-state index in [2.05, 4.69) is 5.48 Å². The van der Waals surface area contributed by atoms with Gasteiger partial charge in [0.25, 0.3) is 0 Å². The van der Waals surface area contributed by atoms with Crippen molar-refractivity contribution in [2.45, 2.75) is 17.5 Å². The van der Waals surface area contributed by atoms with Gasteiger partial charge in [0.15, 0.2) is 11.8 Å². The van der Waals surface area contributed by atoms with Crippen LogP contribution in [0, 0.1) is 0 Å². The fraction of sp³-hybridized carbons (Fsp3) is 0.500. The molecule has 0 radical (unpaired) electrons. The van der Waals surface area contributed by atoms with Gasteiger partial charge in [-0.05, 0) is 6.08 Å². The number of nitrogens with one attached hydrogen (secondary N) is 1. The third kappa shape index (κ3) is 3.89. The van der Waals surface area contributed by atoms with Gasteiger partial charge in [0.1, 0.15) is 11.4 Å². The molecule has 0 saturated heterocycles. The lowest BCUT2D eigenvalue weighted by Gasteiger charge is -2.09. The predicted molar refractivity (Wildman–Crippen MR) is 59.8 cm³/mol. The van der Waals surface area contributed by atoms with E-state index in [1.54, 1.807) is 0 Å². The van der Waals surface area contributed by atoms with Crippen molar-refractivity contribution in [2.75, 3.05) is 5.75 Å². The summed E-state index contributed by atoms with van der Waals surface area (Å²) >= 11 is 1.19. The Morgan fingerprint density at radius 3 is 2.65 bits per heavy atom. The van der Waals surface area contributed by atoms with Gasteiger partial charge < -0.3 is 26.5 Å². The monoisotopic (exact) mass is 263 g/mol. The Balaban J connectivity index is 2.44. The first-order chi connectivity index (χ1) is 7.91. The first-order valence-electron chi connectivity index (χ1n) is 4.64. The highest BCUT2D eigenvalue weighted by Crippen LogP contribution is 2.20. The van der Waals surface area contributed by atoms with Crippen molar-refractivity contribution in [3.63, 3.8) is 0 Å². The topological polar surface area (TPSA) is 148 Å². The number of rotatable bonds is 6. The smallest absolute Gasteiger partial charge is 0.328 e. The predicted octanol–water partition coefficient (Wildman–Crippen LogP) is -1.71. The molecular formula is C8H13N3O5S. The summed E-state index contributed by atoms with van der Waals surface area (Å²) in [6, 6.07) is -2.21. The van der Waals surface area contributed by atoms with E-state index in [0.29, 0.717) is 0 Å². The Labute approximate surface area is 101 Å². The molecule has 1 heterocycles. The van der Waals surface area contributed by atoms with Gasteiger partial charge in [-0.25, -0.2) is 0 Å². The number of hydrogen-bond acceptors (Lipinski definition) is 7. The van der Waals surface area contributed by atoms with Gasteiger partial charge in [-0.1, -0.05) is 0 Å². The number of carbonyl (C=O) groups is 2. The number of carboxylic acids is 2. The number of aliphatic carboxylic acids is 2. The van der Waals surface area contributed by atoms with Crippen LogP contribution in [0.3, 0.4) is 0 Å². The second kappa shape index (κ2) is 5.87. The Kier molecular flexibility index (Phi) is 4.75. The zero-order valence-corrected chi connectivity index (χ0v) is 9.52. The van der Waals surface area contributed by atoms with E-state index in [9.17, 15) is 9.59 Å². The van der Waals surface area contributed by atoms with Crippen molar-refractivity contribution in [3.05, 3.63) is 11.8 Å². The van der Waals surface area contributed by atoms with Crippen molar-refractivity contribution >= 4 is 23.7 Å². The van der Waals surface area contributed by atoms with Crippen molar-refractivity contribution < 1.29 is 24.6 Å². The van der Waals surface area contributed by atoms with E-state index in [0.717, 1.165) is 0 Å². The SMILES string of the molecule is N[C@@H](C(=O)O)C1=C[C@H](SC[C@H](N)C(=O)O)NO1. The number of thioether (sulfide) groups is 1. The number of hydrogen-bond donors (Lipinski definition) is 5. The molecule has 1 rings (SSSR count). The Morgan fingerprint density at radius 2 is 2.12 bits per heavy atom. The minimum atomic E-state index is -1.23. The first kappa shape index (κ1) is 13.8. The Hall–Kier alpha value is -1.29. The molecule has 0 spiro atoms. The van der Waals surface area contributed by atoms with Crippen molar-refractivity contribution in [1.29, 1.82) is 0 Å². The summed E-state index contributed by atoms with van der Waals surface area (Å²) in [5.74, 6) is -2.03. The van der Waals surface area contributed by atoms with Gasteiger partial charge in [0.05, 0.1) is 0 Å². The molecular weight excluding hydrogens is 250 g/mol. The minimum Gasteiger partial charge on any atom is -0.480 e. The maximum Gasteiger partial charge on any atom is 0.328 e. The van der Waals surface area contributed by atoms with Gasteiger partial charge in [-0.3, -0.25) is 9.59 Å². The van der Waals surface area contributed by atoms with Crippen LogP contribution in [0.4, 0.5) is 0 Å². The summed E-state index contributed by atoms with van der Waals surface area (Å²) < 4.78 is 0. The zero-order valence-electron chi connectivity index (χ0n) is 8.70. The summed E-state index contributed by atoms with van der Waals surface area (Å²) in [5, 5.41) is 16.8. The molecule has 0 fully saturated rings. The maximum atomic E-state index is 10.6. The Morgan fingerprint density at radius 1 is 1.47 bits per heavy atom. The molecule has 3 atom stereocenters. The first-order valence-corrected chi connectivity index (χ1v) is 5.69. The summed E-state index contributed by atoms with van der Waals surface area (Å²) in [6.07, 6.45) is 1.48. The molecule has 0 amide bonds. The highest BCUT2D eigenvalue weighted by atomic mass is 32.2. The third-order valence-corrected chi connectivity index (χ3v) is 3.10. The summed E-state index contributed by atoms with van der Waals surface area (Å²) in [4.78, 5) is 25.9. The third-order valence-electron chi connectivity index (χ3n) is 1.95. The number of carboxylic acid groups (broad SMARTS) is 2. The van der Waals surface area contributed by atoms with Crippen LogP contribution in [0.5, 0.6) is 0 Å². The van der Waals surface area contributed by atoms with E-state index in [-0.39, 0.29) is 16.9 Å². The normalized spacial score (nSPS) is 22.5. The lowest BCUT2D eigenvalue weighted by atomic mass is 10.2. The summed E-state index contributed by atoms with van der Waals surface area (Å²) in [7, 11) is 0. The fourth-order valence-electron chi connectivity index (χ4n) is 0.993. The largest absolute Gasteiger partial charge is 0.480 e. The van der Waals surface area contributed by atoms with Gasteiger partial charge in [0.2, 0.25) is 0 Å². The van der Waals surface area contributed by atoms with Crippen molar-refractivity contribution in [3.8, 4) is 0 Å². The summed E-state index contributed by atoms with van der Waals surface area (Å²) in [5.41, 5.74) is 13.2. The Bertz CT molecular complexity index is 348. The molecule has 1 aliphatic heterocycles. The maximum absolute atomic E-state index is 10.6. The van der Waals surface area contributed by atoms with Crippen LogP contribution in [-0.4, -0.2) is 45.4 Å². The molecule has 0 aromatic heterocycles. The second-order valence-corrected chi connectivity index (χ2v) is 4.48. The molecule has 8 nitrogen and oxygen atoms in total. The highest BCUT2D eigenvalue weighted by molar-refractivity contribution is 8.00. The minimum absolute atomic E-state index is 0.0962. The van der Waals surface area contributed by atoms with Crippen LogP contribution in [0.15, 0.2) is 11.8 Å². The van der Waals surface area contributed by atoms with E-state index < -0.39 is 24.0 Å². The molecule has 0 saturated carbocycles. The molecule has 1 aliphatic rings. The molecule has 17 heavy (non-hydrogen) atoms. The lowest BCUT2D eigenvalue weighted by Crippen LogP contribution is -2.34. The van der Waals surface area contributed by atoms with Gasteiger partial charge in [-0.15, -0.1) is 17.2 Å². The van der Waals surface area contributed by atoms with E-state index in [4.69, 9.17) is 26.5 Å². The molecule has 7 N–H and O–H groups in total. The highest BCUT2D eigenvalue weighted by Gasteiger charge is 2.27. The van der Waals surface area contributed by atoms with Crippen molar-refractivity contribution in [2.24, 2.45) is 11.5 Å². The second-order valence-electron chi connectivity index (χ2n) is 3.30. The van der Waals surface area contributed by atoms with E-state index in [1.807, 2.05) is 0 Å². The van der Waals surface area contributed by atoms with Crippen molar-refractivity contribution in [1.82, 2.24) is 5.48 Å². The molecule has 0 aromatic carbocycles. The molecule has 0 aromatic rings. The molecule has 0 unspecified atom stereocenters. The van der Waals surface area contributed by atoms with Gasteiger partial charge >= 0.3 is 11.9 Å². The number of hydroxylamine groups is 1. The standard InChI is InChI=1S/C8H13N3O5S/c9-3(7(12)13)2-17-5-1-4(16-11-5)6(10)8(14)15/h1,3,5-6,11H,2,9-10H2,(H,12,13)(H,14,15)/t3-,5-,6+/m0/s1. The number of nitrogens with two attached hydrogens (primary N) is 2. The molecule has 9 heteroatoms. The zero-order chi connectivity index (χ0) is 13.0. The van der Waals surface area contributed by atoms with Gasteiger partial charge in [0, 0.05) is 5.75 Å². The van der Waals surface area contributed by atoms with Crippen LogP contribution in [-0.2, 0) is 14.4 Å². The quantitative estimate of drug-likeness (QED) is 0.377. The molecule has 0 aliphatic carbocycles. The van der Waals surface area contributed by atoms with Crippen LogP contribution in [0.2, 0.25) is 0 Å².